The first-order chi connectivity index (χ1) is 17.1. The first-order valence-electron chi connectivity index (χ1n) is 12.2. The molecule has 1 aliphatic heterocycles. The lowest BCUT2D eigenvalue weighted by Gasteiger charge is -2.39. The van der Waals surface area contributed by atoms with Gasteiger partial charge >= 0.3 is 0 Å². The zero-order chi connectivity index (χ0) is 24.6. The molecule has 186 valence electrons. The second-order valence-electron chi connectivity index (χ2n) is 8.91. The van der Waals surface area contributed by atoms with Crippen LogP contribution in [0.4, 0.5) is 0 Å². The van der Waals surface area contributed by atoms with Crippen LogP contribution in [0.15, 0.2) is 59.8 Å². The largest absolute Gasteiger partial charge is 0.485 e. The Balaban J connectivity index is 1.46. The van der Waals surface area contributed by atoms with Crippen LogP contribution in [0.3, 0.4) is 0 Å². The number of benzene rings is 2. The first kappa shape index (κ1) is 25.3. The molecule has 2 aromatic carbocycles. The molecule has 0 aliphatic carbocycles. The van der Waals surface area contributed by atoms with Crippen LogP contribution in [0.1, 0.15) is 38.9 Å². The number of hydrogen-bond donors (Lipinski definition) is 0. The molecule has 1 amide bonds. The minimum atomic E-state index is 0.158. The molecule has 4 rings (SSSR count). The Morgan fingerprint density at radius 1 is 1.03 bits per heavy atom. The summed E-state index contributed by atoms with van der Waals surface area (Å²) in [5.74, 6) is 2.00. The average Bonchev–Trinajstić information content (AvgIpc) is 3.27. The number of carbonyl (C=O) groups is 1. The summed E-state index contributed by atoms with van der Waals surface area (Å²) < 4.78 is 13.5. The van der Waals surface area contributed by atoms with E-state index < -0.39 is 0 Å². The van der Waals surface area contributed by atoms with Crippen molar-refractivity contribution in [3.05, 3.63) is 60.4 Å². The van der Waals surface area contributed by atoms with Gasteiger partial charge in [0.15, 0.2) is 11.0 Å². The molecule has 1 aromatic heterocycles. The minimum Gasteiger partial charge on any atom is -0.485 e. The number of thioether (sulfide) groups is 1. The lowest BCUT2D eigenvalue weighted by atomic mass is 9.98. The maximum Gasteiger partial charge on any atom is 0.233 e. The Morgan fingerprint density at radius 2 is 1.74 bits per heavy atom. The van der Waals surface area contributed by atoms with E-state index in [4.69, 9.17) is 9.47 Å². The average molecular weight is 495 g/mol. The van der Waals surface area contributed by atoms with Crippen LogP contribution in [-0.2, 0) is 22.7 Å². The Bertz CT molecular complexity index is 1090. The first-order valence-corrected chi connectivity index (χ1v) is 13.2. The smallest absolute Gasteiger partial charge is 0.233 e. The monoisotopic (exact) mass is 494 g/mol. The highest BCUT2D eigenvalue weighted by molar-refractivity contribution is 7.99. The number of ether oxygens (including phenoxy) is 2. The van der Waals surface area contributed by atoms with E-state index in [1.54, 1.807) is 7.11 Å². The number of likely N-dealkylation sites (tertiary alicyclic amines) is 1. The summed E-state index contributed by atoms with van der Waals surface area (Å²) >= 11 is 1.43. The highest BCUT2D eigenvalue weighted by Crippen LogP contribution is 2.30. The molecule has 0 radical (unpaired) electrons. The number of nitrogens with zero attached hydrogens (tertiary/aromatic N) is 4. The van der Waals surface area contributed by atoms with Gasteiger partial charge in [-0.25, -0.2) is 0 Å². The van der Waals surface area contributed by atoms with Gasteiger partial charge in [-0.1, -0.05) is 60.3 Å². The van der Waals surface area contributed by atoms with Gasteiger partial charge in [0.05, 0.1) is 12.4 Å². The second kappa shape index (κ2) is 12.2. The second-order valence-corrected chi connectivity index (χ2v) is 9.86. The van der Waals surface area contributed by atoms with Gasteiger partial charge in [-0.2, -0.15) is 0 Å². The van der Waals surface area contributed by atoms with Crippen molar-refractivity contribution >= 4 is 17.7 Å². The number of hydrogen-bond acceptors (Lipinski definition) is 6. The molecule has 0 N–H and O–H groups in total. The van der Waals surface area contributed by atoms with E-state index in [1.807, 2.05) is 45.9 Å². The molecule has 35 heavy (non-hydrogen) atoms. The fraction of sp³-hybridized carbons (Fsp3) is 0.444. The molecular formula is C27H34N4O3S. The van der Waals surface area contributed by atoms with E-state index >= 15 is 0 Å². The van der Waals surface area contributed by atoms with E-state index in [9.17, 15) is 4.79 Å². The van der Waals surface area contributed by atoms with Crippen LogP contribution in [-0.4, -0.2) is 57.1 Å². The summed E-state index contributed by atoms with van der Waals surface area (Å²) in [5, 5.41) is 9.49. The third-order valence-electron chi connectivity index (χ3n) is 6.45. The molecule has 2 unspecified atom stereocenters. The summed E-state index contributed by atoms with van der Waals surface area (Å²) in [7, 11) is 1.67. The van der Waals surface area contributed by atoms with Crippen molar-refractivity contribution in [3.8, 4) is 16.9 Å². The van der Waals surface area contributed by atoms with Crippen LogP contribution >= 0.6 is 11.8 Å². The topological polar surface area (TPSA) is 69.5 Å². The summed E-state index contributed by atoms with van der Waals surface area (Å²) in [6.45, 7) is 5.67. The van der Waals surface area contributed by atoms with E-state index in [2.05, 4.69) is 42.2 Å². The van der Waals surface area contributed by atoms with E-state index in [0.29, 0.717) is 29.9 Å². The molecule has 7 nitrogen and oxygen atoms in total. The molecule has 0 saturated carbocycles. The van der Waals surface area contributed by atoms with Gasteiger partial charge in [-0.15, -0.1) is 10.2 Å². The summed E-state index contributed by atoms with van der Waals surface area (Å²) in [5.41, 5.74) is 2.13. The zero-order valence-electron chi connectivity index (χ0n) is 20.7. The fourth-order valence-electron chi connectivity index (χ4n) is 4.64. The molecule has 0 spiro atoms. The van der Waals surface area contributed by atoms with Gasteiger partial charge < -0.3 is 18.9 Å². The van der Waals surface area contributed by atoms with E-state index in [1.165, 1.54) is 18.2 Å². The quantitative estimate of drug-likeness (QED) is 0.367. The van der Waals surface area contributed by atoms with Gasteiger partial charge in [-0.3, -0.25) is 4.79 Å². The van der Waals surface area contributed by atoms with Crippen LogP contribution in [0.5, 0.6) is 5.75 Å². The predicted octanol–water partition coefficient (Wildman–Crippen LogP) is 5.05. The van der Waals surface area contributed by atoms with E-state index in [-0.39, 0.29) is 24.6 Å². The Morgan fingerprint density at radius 3 is 2.49 bits per heavy atom. The Hall–Kier alpha value is -2.84. The number of amides is 1. The molecule has 1 saturated heterocycles. The Kier molecular flexibility index (Phi) is 8.82. The maximum atomic E-state index is 13.0. The molecule has 2 heterocycles. The molecular weight excluding hydrogens is 460 g/mol. The van der Waals surface area contributed by atoms with Crippen molar-refractivity contribution < 1.29 is 14.3 Å². The van der Waals surface area contributed by atoms with E-state index in [0.717, 1.165) is 29.7 Å². The van der Waals surface area contributed by atoms with Crippen molar-refractivity contribution in [3.63, 3.8) is 0 Å². The van der Waals surface area contributed by atoms with Gasteiger partial charge in [0.2, 0.25) is 5.91 Å². The minimum absolute atomic E-state index is 0.158. The van der Waals surface area contributed by atoms with Crippen molar-refractivity contribution in [2.45, 2.75) is 63.5 Å². The predicted molar refractivity (Wildman–Crippen MR) is 138 cm³/mol. The summed E-state index contributed by atoms with van der Waals surface area (Å²) in [4.78, 5) is 15.0. The highest BCUT2D eigenvalue weighted by Gasteiger charge is 2.29. The molecule has 8 heteroatoms. The van der Waals surface area contributed by atoms with Gasteiger partial charge in [-0.05, 0) is 44.7 Å². The van der Waals surface area contributed by atoms with Crippen molar-refractivity contribution in [1.29, 1.82) is 0 Å². The third kappa shape index (κ3) is 6.24. The van der Waals surface area contributed by atoms with Gasteiger partial charge in [0, 0.05) is 31.3 Å². The zero-order valence-corrected chi connectivity index (χ0v) is 21.5. The summed E-state index contributed by atoms with van der Waals surface area (Å²) in [6, 6.07) is 18.7. The number of para-hydroxylation sites is 1. The van der Waals surface area contributed by atoms with Crippen molar-refractivity contribution in [1.82, 2.24) is 19.7 Å². The molecule has 1 aliphatic rings. The lowest BCUT2D eigenvalue weighted by Crippen LogP contribution is -2.48. The maximum absolute atomic E-state index is 13.0. The summed E-state index contributed by atoms with van der Waals surface area (Å²) in [6.07, 6.45) is 3.31. The van der Waals surface area contributed by atoms with Crippen LogP contribution in [0.25, 0.3) is 11.1 Å². The number of carbonyl (C=O) groups excluding carboxylic acids is 1. The molecule has 3 aromatic rings. The van der Waals surface area contributed by atoms with Crippen LogP contribution in [0.2, 0.25) is 0 Å². The lowest BCUT2D eigenvalue weighted by molar-refractivity contribution is -0.134. The number of aromatic nitrogens is 3. The SMILES string of the molecule is COCCn1c(COc2ccccc2-c2ccccc2)nnc1SCC(=O)N1C(C)CCCC1C. The van der Waals surface area contributed by atoms with Gasteiger partial charge in [0.25, 0.3) is 0 Å². The van der Waals surface area contributed by atoms with Crippen LogP contribution in [0, 0.1) is 0 Å². The molecule has 0 bridgehead atoms. The third-order valence-corrected chi connectivity index (χ3v) is 7.40. The van der Waals surface area contributed by atoms with Crippen molar-refractivity contribution in [2.75, 3.05) is 19.5 Å². The van der Waals surface area contributed by atoms with Gasteiger partial charge in [0.1, 0.15) is 12.4 Å². The van der Waals surface area contributed by atoms with Crippen LogP contribution < -0.4 is 4.74 Å². The fourth-order valence-corrected chi connectivity index (χ4v) is 5.50. The highest BCUT2D eigenvalue weighted by atomic mass is 32.2. The number of rotatable bonds is 10. The molecule has 2 atom stereocenters. The standard InChI is InChI=1S/C27H34N4O3S/c1-20-10-9-11-21(2)31(20)26(32)19-35-27-29-28-25(30(27)16-17-33-3)18-34-24-15-8-7-14-23(24)22-12-5-4-6-13-22/h4-8,12-15,20-21H,9-11,16-19H2,1-3H3. The number of methoxy groups -OCH3 is 1. The Labute approximate surface area is 211 Å². The molecule has 1 fully saturated rings. The number of piperidine rings is 1. The normalized spacial score (nSPS) is 18.0. The van der Waals surface area contributed by atoms with Crippen molar-refractivity contribution in [2.24, 2.45) is 0 Å².